The fraction of sp³-hybridized carbons (Fsp3) is 0.625. The lowest BCUT2D eigenvalue weighted by Gasteiger charge is -2.20. The third kappa shape index (κ3) is 4.44. The zero-order chi connectivity index (χ0) is 11.3. The Bertz CT molecular complexity index is 232. The Morgan fingerprint density at radius 1 is 1.07 bits per heavy atom. The van der Waals surface area contributed by atoms with Crippen LogP contribution in [0.25, 0.3) is 0 Å². The van der Waals surface area contributed by atoms with Gasteiger partial charge in [0.1, 0.15) is 13.1 Å². The van der Waals surface area contributed by atoms with Crippen LogP contribution in [0.5, 0.6) is 0 Å². The van der Waals surface area contributed by atoms with Crippen molar-refractivity contribution in [2.75, 3.05) is 13.1 Å². The summed E-state index contributed by atoms with van der Waals surface area (Å²) < 4.78 is 0. The number of carboxylic acid groups (broad SMARTS) is 2. The molecule has 0 fully saturated rings. The van der Waals surface area contributed by atoms with E-state index in [0.29, 0.717) is 0 Å². The van der Waals surface area contributed by atoms with Crippen LogP contribution in [0.1, 0.15) is 13.8 Å². The highest BCUT2D eigenvalue weighted by Gasteiger charge is 2.21. The van der Waals surface area contributed by atoms with E-state index in [4.69, 9.17) is 10.2 Å². The fourth-order valence-corrected chi connectivity index (χ4v) is 0.903. The van der Waals surface area contributed by atoms with Gasteiger partial charge in [-0.25, -0.2) is 0 Å². The third-order valence-corrected chi connectivity index (χ3v) is 1.46. The summed E-state index contributed by atoms with van der Waals surface area (Å²) in [6, 6.07) is 0. The Morgan fingerprint density at radius 3 is 1.64 bits per heavy atom. The van der Waals surface area contributed by atoms with Crippen molar-refractivity contribution in [1.82, 2.24) is 4.90 Å². The van der Waals surface area contributed by atoms with Gasteiger partial charge < -0.3 is 15.1 Å². The van der Waals surface area contributed by atoms with Crippen LogP contribution >= 0.6 is 0 Å². The molecule has 0 saturated carbocycles. The predicted molar refractivity (Wildman–Crippen MR) is 46.7 cm³/mol. The summed E-state index contributed by atoms with van der Waals surface area (Å²) in [7, 11) is 0. The minimum Gasteiger partial charge on any atom is -0.480 e. The van der Waals surface area contributed by atoms with Crippen LogP contribution in [0.4, 0.5) is 0 Å². The second-order valence-corrected chi connectivity index (χ2v) is 3.14. The molecule has 0 aromatic rings. The fourth-order valence-electron chi connectivity index (χ4n) is 0.903. The van der Waals surface area contributed by atoms with Gasteiger partial charge >= 0.3 is 11.9 Å². The van der Waals surface area contributed by atoms with Crippen LogP contribution in [-0.4, -0.2) is 46.0 Å². The van der Waals surface area contributed by atoms with E-state index >= 15 is 0 Å². The molecule has 6 nitrogen and oxygen atoms in total. The number of carboxylic acids is 2. The van der Waals surface area contributed by atoms with E-state index in [0.717, 1.165) is 4.90 Å². The predicted octanol–water partition coefficient (Wildman–Crippen LogP) is -0.360. The van der Waals surface area contributed by atoms with Gasteiger partial charge in [-0.05, 0) is 0 Å². The molecule has 0 aliphatic carbocycles. The zero-order valence-electron chi connectivity index (χ0n) is 8.06. The monoisotopic (exact) mass is 203 g/mol. The van der Waals surface area contributed by atoms with E-state index in [1.54, 1.807) is 13.8 Å². The van der Waals surface area contributed by atoms with Crippen LogP contribution in [0.15, 0.2) is 0 Å². The molecule has 0 rings (SSSR count). The van der Waals surface area contributed by atoms with Gasteiger partial charge in [-0.2, -0.15) is 0 Å². The van der Waals surface area contributed by atoms with Gasteiger partial charge in [-0.1, -0.05) is 13.8 Å². The van der Waals surface area contributed by atoms with Crippen molar-refractivity contribution < 1.29 is 24.6 Å². The maximum Gasteiger partial charge on any atom is 0.323 e. The van der Waals surface area contributed by atoms with Gasteiger partial charge in [0.2, 0.25) is 5.91 Å². The lowest BCUT2D eigenvalue weighted by molar-refractivity contribution is -0.150. The molecule has 0 spiro atoms. The van der Waals surface area contributed by atoms with Crippen molar-refractivity contribution in [1.29, 1.82) is 0 Å². The SMILES string of the molecule is CC(C)C(=O)N(CC(=O)O)CC(=O)O. The lowest BCUT2D eigenvalue weighted by atomic mass is 10.2. The summed E-state index contributed by atoms with van der Waals surface area (Å²) in [5.74, 6) is -3.33. The minimum absolute atomic E-state index is 0.409. The van der Waals surface area contributed by atoms with E-state index in [1.165, 1.54) is 0 Å². The molecule has 0 aromatic carbocycles. The van der Waals surface area contributed by atoms with E-state index < -0.39 is 36.9 Å². The number of nitrogens with zero attached hydrogens (tertiary/aromatic N) is 1. The van der Waals surface area contributed by atoms with Gasteiger partial charge in [0.05, 0.1) is 0 Å². The molecule has 0 unspecified atom stereocenters. The first kappa shape index (κ1) is 12.4. The quantitative estimate of drug-likeness (QED) is 0.636. The average Bonchev–Trinajstić information content (AvgIpc) is 1.99. The molecule has 0 radical (unpaired) electrons. The number of amides is 1. The Hall–Kier alpha value is -1.59. The second kappa shape index (κ2) is 5.21. The lowest BCUT2D eigenvalue weighted by Crippen LogP contribution is -2.41. The molecule has 0 aromatic heterocycles. The van der Waals surface area contributed by atoms with Gasteiger partial charge in [0, 0.05) is 5.92 Å². The molecule has 0 atom stereocenters. The van der Waals surface area contributed by atoms with Gasteiger partial charge in [0.25, 0.3) is 0 Å². The van der Waals surface area contributed by atoms with Crippen molar-refractivity contribution in [3.8, 4) is 0 Å². The topological polar surface area (TPSA) is 94.9 Å². The van der Waals surface area contributed by atoms with Crippen molar-refractivity contribution in [2.24, 2.45) is 5.92 Å². The number of carbonyl (C=O) groups excluding carboxylic acids is 1. The molecule has 0 aliphatic heterocycles. The molecule has 0 aliphatic rings. The van der Waals surface area contributed by atoms with Crippen molar-refractivity contribution >= 4 is 17.8 Å². The standard InChI is InChI=1S/C8H13NO5/c1-5(2)8(14)9(3-6(10)11)4-7(12)13/h5H,3-4H2,1-2H3,(H,10,11)(H,12,13). The number of hydrogen-bond donors (Lipinski definition) is 2. The second-order valence-electron chi connectivity index (χ2n) is 3.14. The maximum atomic E-state index is 11.3. The van der Waals surface area contributed by atoms with E-state index in [1.807, 2.05) is 0 Å². The molecule has 80 valence electrons. The molecule has 0 heterocycles. The summed E-state index contributed by atoms with van der Waals surface area (Å²) in [6.07, 6.45) is 0. The number of carbonyl (C=O) groups is 3. The third-order valence-electron chi connectivity index (χ3n) is 1.46. The first-order valence-electron chi connectivity index (χ1n) is 4.07. The Morgan fingerprint density at radius 2 is 1.43 bits per heavy atom. The summed E-state index contributed by atoms with van der Waals surface area (Å²) in [5.41, 5.74) is 0. The molecule has 6 heteroatoms. The highest BCUT2D eigenvalue weighted by Crippen LogP contribution is 2.00. The summed E-state index contributed by atoms with van der Waals surface area (Å²) in [6.45, 7) is 2.00. The molecule has 2 N–H and O–H groups in total. The van der Waals surface area contributed by atoms with E-state index in [9.17, 15) is 14.4 Å². The first-order valence-corrected chi connectivity index (χ1v) is 4.07. The smallest absolute Gasteiger partial charge is 0.323 e. The Labute approximate surface area is 81.1 Å². The molecule has 0 saturated heterocycles. The van der Waals surface area contributed by atoms with Gasteiger partial charge in [-0.15, -0.1) is 0 Å². The first-order chi connectivity index (χ1) is 6.34. The van der Waals surface area contributed by atoms with Crippen molar-refractivity contribution in [2.45, 2.75) is 13.8 Å². The number of rotatable bonds is 5. The van der Waals surface area contributed by atoms with Crippen molar-refractivity contribution in [3.05, 3.63) is 0 Å². The molecule has 1 amide bonds. The molecular formula is C8H13NO5. The highest BCUT2D eigenvalue weighted by molar-refractivity contribution is 5.86. The molecule has 14 heavy (non-hydrogen) atoms. The average molecular weight is 203 g/mol. The van der Waals surface area contributed by atoms with Crippen LogP contribution < -0.4 is 0 Å². The van der Waals surface area contributed by atoms with Crippen molar-refractivity contribution in [3.63, 3.8) is 0 Å². The Kier molecular flexibility index (Phi) is 4.62. The molecular weight excluding hydrogens is 190 g/mol. The number of hydrogen-bond acceptors (Lipinski definition) is 3. The van der Waals surface area contributed by atoms with Gasteiger partial charge in [-0.3, -0.25) is 14.4 Å². The largest absolute Gasteiger partial charge is 0.480 e. The van der Waals surface area contributed by atoms with E-state index in [2.05, 4.69) is 0 Å². The highest BCUT2D eigenvalue weighted by atomic mass is 16.4. The normalized spacial score (nSPS) is 9.93. The number of aliphatic carboxylic acids is 2. The molecule has 0 bridgehead atoms. The van der Waals surface area contributed by atoms with Crippen LogP contribution in [0, 0.1) is 5.92 Å². The van der Waals surface area contributed by atoms with E-state index in [-0.39, 0.29) is 0 Å². The Balaban J connectivity index is 4.46. The summed E-state index contributed by atoms with van der Waals surface area (Å²) in [5, 5.41) is 16.9. The maximum absolute atomic E-state index is 11.3. The minimum atomic E-state index is -1.22. The van der Waals surface area contributed by atoms with Gasteiger partial charge in [0.15, 0.2) is 0 Å². The van der Waals surface area contributed by atoms with Crippen LogP contribution in [0.2, 0.25) is 0 Å². The summed E-state index contributed by atoms with van der Waals surface area (Å²) >= 11 is 0. The van der Waals surface area contributed by atoms with Crippen LogP contribution in [-0.2, 0) is 14.4 Å². The zero-order valence-corrected chi connectivity index (χ0v) is 8.06. The van der Waals surface area contributed by atoms with Crippen LogP contribution in [0.3, 0.4) is 0 Å². The summed E-state index contributed by atoms with van der Waals surface area (Å²) in [4.78, 5) is 32.8.